The highest BCUT2D eigenvalue weighted by molar-refractivity contribution is 5.98. The normalized spacial score (nSPS) is 11.1. The number of aromatic hydroxyl groups is 1. The fourth-order valence-electron chi connectivity index (χ4n) is 2.97. The number of benzene rings is 2. The van der Waals surface area contributed by atoms with Crippen molar-refractivity contribution in [1.29, 1.82) is 0 Å². The number of carbonyl (C=O) groups excluding carboxylic acids is 1. The molecule has 0 unspecified atom stereocenters. The van der Waals surface area contributed by atoms with E-state index in [2.05, 4.69) is 10.2 Å². The van der Waals surface area contributed by atoms with E-state index in [9.17, 15) is 9.90 Å². The molecule has 0 atom stereocenters. The molecule has 152 valence electrons. The molecule has 1 amide bonds. The maximum Gasteiger partial charge on any atom is 0.295 e. The van der Waals surface area contributed by atoms with Gasteiger partial charge in [-0.1, -0.05) is 0 Å². The summed E-state index contributed by atoms with van der Waals surface area (Å²) in [5, 5.41) is 18.8. The Labute approximate surface area is 167 Å². The van der Waals surface area contributed by atoms with Gasteiger partial charge in [0.1, 0.15) is 5.75 Å². The van der Waals surface area contributed by atoms with Crippen LogP contribution in [0.4, 0.5) is 5.69 Å². The van der Waals surface area contributed by atoms with Gasteiger partial charge in [0.15, 0.2) is 17.2 Å². The predicted molar refractivity (Wildman–Crippen MR) is 106 cm³/mol. The van der Waals surface area contributed by atoms with Crippen molar-refractivity contribution in [3.05, 3.63) is 35.9 Å². The molecule has 9 heteroatoms. The summed E-state index contributed by atoms with van der Waals surface area (Å²) in [6.07, 6.45) is 0. The minimum Gasteiger partial charge on any atom is -0.497 e. The molecule has 1 aromatic heterocycles. The van der Waals surface area contributed by atoms with E-state index in [1.807, 2.05) is 0 Å². The summed E-state index contributed by atoms with van der Waals surface area (Å²) in [6, 6.07) is 8.23. The number of rotatable bonds is 6. The summed E-state index contributed by atoms with van der Waals surface area (Å²) in [5.41, 5.74) is 1.08. The third-order valence-corrected chi connectivity index (χ3v) is 4.50. The third kappa shape index (κ3) is 3.54. The smallest absolute Gasteiger partial charge is 0.295 e. The van der Waals surface area contributed by atoms with Crippen LogP contribution in [0, 0.1) is 0 Å². The van der Waals surface area contributed by atoms with Crippen LogP contribution in [-0.2, 0) is 7.05 Å². The van der Waals surface area contributed by atoms with Crippen molar-refractivity contribution in [2.24, 2.45) is 17.3 Å². The first-order valence-corrected chi connectivity index (χ1v) is 8.56. The highest BCUT2D eigenvalue weighted by Gasteiger charge is 2.19. The molecule has 0 radical (unpaired) electrons. The fourth-order valence-corrected chi connectivity index (χ4v) is 2.97. The molecule has 0 saturated heterocycles. The first-order chi connectivity index (χ1) is 13.9. The van der Waals surface area contributed by atoms with Gasteiger partial charge in [-0.3, -0.25) is 4.79 Å². The van der Waals surface area contributed by atoms with Crippen LogP contribution >= 0.6 is 0 Å². The molecule has 3 rings (SSSR count). The molecule has 0 bridgehead atoms. The van der Waals surface area contributed by atoms with Crippen LogP contribution in [-0.4, -0.2) is 44.0 Å². The Morgan fingerprint density at radius 1 is 0.966 bits per heavy atom. The monoisotopic (exact) mass is 399 g/mol. The quantitative estimate of drug-likeness (QED) is 0.632. The molecule has 0 aliphatic carbocycles. The molecule has 1 heterocycles. The van der Waals surface area contributed by atoms with E-state index < -0.39 is 5.91 Å². The van der Waals surface area contributed by atoms with Crippen LogP contribution in [0.2, 0.25) is 0 Å². The van der Waals surface area contributed by atoms with E-state index in [1.54, 1.807) is 36.9 Å². The van der Waals surface area contributed by atoms with Crippen molar-refractivity contribution in [1.82, 2.24) is 4.57 Å². The zero-order chi connectivity index (χ0) is 21.1. The summed E-state index contributed by atoms with van der Waals surface area (Å²) in [4.78, 5) is 12.6. The van der Waals surface area contributed by atoms with Crippen LogP contribution in [0.3, 0.4) is 0 Å². The molecule has 0 spiro atoms. The number of fused-ring (bicyclic) bond motifs is 1. The number of carbonyl (C=O) groups is 1. The van der Waals surface area contributed by atoms with E-state index in [1.165, 1.54) is 33.5 Å². The number of aryl methyl sites for hydroxylation is 1. The molecule has 0 fully saturated rings. The summed E-state index contributed by atoms with van der Waals surface area (Å²) in [7, 11) is 7.60. The molecule has 2 aromatic carbocycles. The molecule has 0 aliphatic heterocycles. The molecule has 1 N–H and O–H groups in total. The van der Waals surface area contributed by atoms with E-state index in [0.29, 0.717) is 28.4 Å². The Morgan fingerprint density at radius 2 is 1.62 bits per heavy atom. The molecule has 3 aromatic rings. The van der Waals surface area contributed by atoms with Gasteiger partial charge in [0, 0.05) is 12.4 Å². The van der Waals surface area contributed by atoms with Crippen molar-refractivity contribution < 1.29 is 28.8 Å². The number of hydrogen-bond donors (Lipinski definition) is 1. The third-order valence-electron chi connectivity index (χ3n) is 4.50. The van der Waals surface area contributed by atoms with E-state index in [4.69, 9.17) is 18.9 Å². The van der Waals surface area contributed by atoms with Crippen molar-refractivity contribution in [3.8, 4) is 28.9 Å². The van der Waals surface area contributed by atoms with Crippen molar-refractivity contribution in [2.45, 2.75) is 0 Å². The molecule has 9 nitrogen and oxygen atoms in total. The maximum absolute atomic E-state index is 12.6. The van der Waals surface area contributed by atoms with Gasteiger partial charge in [-0.25, -0.2) is 0 Å². The van der Waals surface area contributed by atoms with Crippen LogP contribution < -0.4 is 18.9 Å². The maximum atomic E-state index is 12.6. The number of azo groups is 1. The van der Waals surface area contributed by atoms with Crippen LogP contribution in [0.1, 0.15) is 10.4 Å². The topological polar surface area (TPSA) is 104 Å². The first kappa shape index (κ1) is 20.0. The lowest BCUT2D eigenvalue weighted by Crippen LogP contribution is -2.00. The van der Waals surface area contributed by atoms with Gasteiger partial charge >= 0.3 is 0 Å². The van der Waals surface area contributed by atoms with Gasteiger partial charge in [-0.15, -0.1) is 10.2 Å². The Balaban J connectivity index is 2.03. The standard InChI is InChI=1S/C20H21N3O6/c1-23-14-7-6-12(26-2)10-13(14)17(20(23)25)21-22-19(24)11-8-15(27-3)18(29-5)16(9-11)28-4/h6-10,25H,1-5H3. The van der Waals surface area contributed by atoms with Gasteiger partial charge in [-0.2, -0.15) is 0 Å². The highest BCUT2D eigenvalue weighted by atomic mass is 16.5. The Hall–Kier alpha value is -3.75. The second-order valence-electron chi connectivity index (χ2n) is 6.03. The summed E-state index contributed by atoms with van der Waals surface area (Å²) < 4.78 is 22.5. The summed E-state index contributed by atoms with van der Waals surface area (Å²) in [6.45, 7) is 0. The molecular weight excluding hydrogens is 378 g/mol. The second-order valence-corrected chi connectivity index (χ2v) is 6.03. The van der Waals surface area contributed by atoms with Gasteiger partial charge < -0.3 is 28.6 Å². The summed E-state index contributed by atoms with van der Waals surface area (Å²) in [5.74, 6) is 0.849. The average molecular weight is 399 g/mol. The molecule has 0 aliphatic rings. The van der Waals surface area contributed by atoms with Gasteiger partial charge in [0.05, 0.1) is 39.5 Å². The van der Waals surface area contributed by atoms with Crippen molar-refractivity contribution in [2.75, 3.05) is 28.4 Å². The summed E-state index contributed by atoms with van der Waals surface area (Å²) >= 11 is 0. The number of nitrogens with zero attached hydrogens (tertiary/aromatic N) is 3. The SMILES string of the molecule is COc1ccc2c(c1)c(N=NC(=O)c1cc(OC)c(OC)c(OC)c1)c(O)n2C. The van der Waals surface area contributed by atoms with Crippen LogP contribution in [0.5, 0.6) is 28.9 Å². The molecule has 29 heavy (non-hydrogen) atoms. The van der Waals surface area contributed by atoms with E-state index in [0.717, 1.165) is 5.52 Å². The second kappa shape index (κ2) is 8.09. The molecule has 0 saturated carbocycles. The Morgan fingerprint density at radius 3 is 2.17 bits per heavy atom. The average Bonchev–Trinajstić information content (AvgIpc) is 2.99. The van der Waals surface area contributed by atoms with E-state index >= 15 is 0 Å². The van der Waals surface area contributed by atoms with Crippen LogP contribution in [0.25, 0.3) is 10.9 Å². The van der Waals surface area contributed by atoms with Crippen LogP contribution in [0.15, 0.2) is 40.6 Å². The van der Waals surface area contributed by atoms with Gasteiger partial charge in [-0.05, 0) is 30.3 Å². The number of amides is 1. The first-order valence-electron chi connectivity index (χ1n) is 8.56. The minimum atomic E-state index is -0.636. The lowest BCUT2D eigenvalue weighted by atomic mass is 10.1. The number of ether oxygens (including phenoxy) is 4. The minimum absolute atomic E-state index is 0.116. The number of aromatic nitrogens is 1. The van der Waals surface area contributed by atoms with Gasteiger partial charge in [0.2, 0.25) is 11.6 Å². The lowest BCUT2D eigenvalue weighted by Gasteiger charge is -2.12. The zero-order valence-electron chi connectivity index (χ0n) is 16.7. The molecular formula is C20H21N3O6. The number of hydrogen-bond acceptors (Lipinski definition) is 7. The largest absolute Gasteiger partial charge is 0.497 e. The van der Waals surface area contributed by atoms with Crippen molar-refractivity contribution in [3.63, 3.8) is 0 Å². The number of methoxy groups -OCH3 is 4. The Kier molecular flexibility index (Phi) is 5.58. The van der Waals surface area contributed by atoms with Crippen molar-refractivity contribution >= 4 is 22.5 Å². The van der Waals surface area contributed by atoms with E-state index in [-0.39, 0.29) is 17.1 Å². The fraction of sp³-hybridized carbons (Fsp3) is 0.250. The van der Waals surface area contributed by atoms with Gasteiger partial charge in [0.25, 0.3) is 5.91 Å². The lowest BCUT2D eigenvalue weighted by molar-refractivity contribution is 0.0994. The Bertz CT molecular complexity index is 1080. The highest BCUT2D eigenvalue weighted by Crippen LogP contribution is 2.41. The predicted octanol–water partition coefficient (Wildman–Crippen LogP) is 3.84. The zero-order valence-corrected chi connectivity index (χ0v) is 16.7.